The second kappa shape index (κ2) is 4.06. The first-order chi connectivity index (χ1) is 6.09. The Bertz CT molecular complexity index is 240. The third kappa shape index (κ3) is 2.03. The van der Waals surface area contributed by atoms with Crippen LogP contribution in [0.5, 0.6) is 0 Å². The van der Waals surface area contributed by atoms with E-state index in [1.807, 2.05) is 0 Å². The van der Waals surface area contributed by atoms with Gasteiger partial charge in [-0.2, -0.15) is 0 Å². The van der Waals surface area contributed by atoms with Gasteiger partial charge in [0.25, 0.3) is 0 Å². The summed E-state index contributed by atoms with van der Waals surface area (Å²) in [5, 5.41) is 21.2. The maximum absolute atomic E-state index is 10.6. The van der Waals surface area contributed by atoms with Gasteiger partial charge in [0.2, 0.25) is 0 Å². The normalized spacial score (nSPS) is 39.1. The van der Waals surface area contributed by atoms with Crippen molar-refractivity contribution in [2.24, 2.45) is 11.8 Å². The number of carboxylic acids is 2. The molecule has 6 heteroatoms. The predicted octanol–water partition coefficient (Wildman–Crippen LogP) is -3.10. The molecule has 74 valence electrons. The molecule has 0 N–H and O–H groups in total. The van der Waals surface area contributed by atoms with Crippen LogP contribution in [0.3, 0.4) is 0 Å². The molecule has 1 heterocycles. The van der Waals surface area contributed by atoms with Crippen LogP contribution in [0.15, 0.2) is 0 Å². The Morgan fingerprint density at radius 1 is 1.00 bits per heavy atom. The van der Waals surface area contributed by atoms with E-state index in [1.165, 1.54) is 0 Å². The summed E-state index contributed by atoms with van der Waals surface area (Å²) in [7, 11) is 0. The number of hydrogen-bond donors (Lipinski definition) is 0. The Hall–Kier alpha value is -0.301. The minimum atomic E-state index is -1.32. The zero-order valence-electron chi connectivity index (χ0n) is 7.26. The van der Waals surface area contributed by atoms with Gasteiger partial charge in [-0.1, -0.05) is 0 Å². The molecule has 0 bridgehead atoms. The van der Waals surface area contributed by atoms with Crippen molar-refractivity contribution in [2.45, 2.75) is 25.0 Å². The molecule has 2 aliphatic rings. The minimum absolute atomic E-state index is 0. The van der Waals surface area contributed by atoms with Crippen LogP contribution in [0.1, 0.15) is 12.8 Å². The topological polar surface area (TPSA) is 92.8 Å². The van der Waals surface area contributed by atoms with Crippen molar-refractivity contribution < 1.29 is 24.5 Å². The van der Waals surface area contributed by atoms with Gasteiger partial charge in [-0.25, -0.2) is 0 Å². The molecule has 1 saturated carbocycles. The quantitative estimate of drug-likeness (QED) is 0.398. The molecule has 1 aliphatic heterocycles. The summed E-state index contributed by atoms with van der Waals surface area (Å²) >= 11 is 0. The summed E-state index contributed by atoms with van der Waals surface area (Å²) in [6, 6.07) is 0. The maximum Gasteiger partial charge on any atom is 2.00 e. The first kappa shape index (κ1) is 11.8. The third-order valence-corrected chi connectivity index (χ3v) is 2.75. The van der Waals surface area contributed by atoms with Crippen molar-refractivity contribution >= 4 is 35.8 Å². The summed E-state index contributed by atoms with van der Waals surface area (Å²) in [5.74, 6) is -4.53. The van der Waals surface area contributed by atoms with Gasteiger partial charge in [0.05, 0.1) is 12.2 Å². The fourth-order valence-electron chi connectivity index (χ4n) is 1.94. The van der Waals surface area contributed by atoms with E-state index >= 15 is 0 Å². The van der Waals surface area contributed by atoms with Crippen molar-refractivity contribution in [1.29, 1.82) is 0 Å². The number of ether oxygens (including phenoxy) is 1. The van der Waals surface area contributed by atoms with Gasteiger partial charge >= 0.3 is 23.9 Å². The number of carbonyl (C=O) groups excluding carboxylic acids is 2. The zero-order valence-corrected chi connectivity index (χ0v) is 10.1. The first-order valence-electron chi connectivity index (χ1n) is 4.16. The average Bonchev–Trinajstić information content (AvgIpc) is 2.78. The zero-order chi connectivity index (χ0) is 9.59. The largest absolute Gasteiger partial charge is 2.00 e. The molecule has 1 aliphatic carbocycles. The molecule has 4 unspecified atom stereocenters. The second-order valence-electron chi connectivity index (χ2n) is 3.54. The van der Waals surface area contributed by atoms with Gasteiger partial charge in [-0.05, 0) is 12.8 Å². The fraction of sp³-hybridized carbons (Fsp3) is 0.750. The molecule has 2 radical (unpaired) electrons. The summed E-state index contributed by atoms with van der Waals surface area (Å²) in [5.41, 5.74) is 0. The van der Waals surface area contributed by atoms with Crippen molar-refractivity contribution in [3.05, 3.63) is 0 Å². The van der Waals surface area contributed by atoms with Crippen LogP contribution in [-0.2, 0) is 14.3 Å². The van der Waals surface area contributed by atoms with Crippen molar-refractivity contribution in [3.63, 3.8) is 0 Å². The molecule has 0 aromatic carbocycles. The Balaban J connectivity index is 0.000000980. The first-order valence-corrected chi connectivity index (χ1v) is 4.16. The number of carboxylic acid groups (broad SMARTS) is 2. The number of rotatable bonds is 2. The average molecular weight is 303 g/mol. The molecular weight excluding hydrogens is 295 g/mol. The van der Waals surface area contributed by atoms with Crippen LogP contribution in [0.4, 0.5) is 0 Å². The van der Waals surface area contributed by atoms with E-state index in [0.29, 0.717) is 0 Å². The van der Waals surface area contributed by atoms with E-state index in [9.17, 15) is 19.8 Å². The van der Waals surface area contributed by atoms with Crippen LogP contribution in [-0.4, -0.2) is 48.1 Å². The molecule has 1 saturated heterocycles. The molecule has 14 heavy (non-hydrogen) atoms. The maximum atomic E-state index is 10.6. The predicted molar refractivity (Wildman–Crippen MR) is 40.6 cm³/mol. The van der Waals surface area contributed by atoms with Gasteiger partial charge in [-0.3, -0.25) is 0 Å². The summed E-state index contributed by atoms with van der Waals surface area (Å²) in [6.07, 6.45) is 0.342. The van der Waals surface area contributed by atoms with Gasteiger partial charge in [0.15, 0.2) is 0 Å². The van der Waals surface area contributed by atoms with Crippen LogP contribution in [0, 0.1) is 11.8 Å². The monoisotopic (exact) mass is 304 g/mol. The molecule has 2 rings (SSSR count). The second-order valence-corrected chi connectivity index (χ2v) is 3.54. The standard InChI is InChI=1S/C8H10O5.Sn/c9-7(10)3-1-5-6(13-5)2-4(3)8(11)12;/h3-6H,1-2H2,(H,9,10)(H,11,12);/q;+2/p-2. The molecule has 2 fully saturated rings. The van der Waals surface area contributed by atoms with Gasteiger partial charge in [0.1, 0.15) is 0 Å². The molecule has 0 spiro atoms. The van der Waals surface area contributed by atoms with E-state index < -0.39 is 23.8 Å². The minimum Gasteiger partial charge on any atom is -0.550 e. The molecule has 0 aromatic rings. The van der Waals surface area contributed by atoms with Gasteiger partial charge in [0, 0.05) is 23.8 Å². The number of hydrogen-bond acceptors (Lipinski definition) is 5. The smallest absolute Gasteiger partial charge is 0.550 e. The number of fused-ring (bicyclic) bond motifs is 1. The Morgan fingerprint density at radius 2 is 1.36 bits per heavy atom. The SMILES string of the molecule is O=C([O-])C1CC2OC2CC1C(=O)[O-].[Sn+2]. The Kier molecular flexibility index (Phi) is 3.41. The van der Waals surface area contributed by atoms with Crippen molar-refractivity contribution in [1.82, 2.24) is 0 Å². The van der Waals surface area contributed by atoms with Crippen molar-refractivity contribution in [2.75, 3.05) is 0 Å². The van der Waals surface area contributed by atoms with Gasteiger partial charge < -0.3 is 24.5 Å². The molecule has 0 aromatic heterocycles. The van der Waals surface area contributed by atoms with Crippen molar-refractivity contribution in [3.8, 4) is 0 Å². The number of epoxide rings is 1. The Labute approximate surface area is 97.4 Å². The van der Waals surface area contributed by atoms with Crippen LogP contribution in [0.25, 0.3) is 0 Å². The van der Waals surface area contributed by atoms with E-state index in [0.717, 1.165) is 0 Å². The summed E-state index contributed by atoms with van der Waals surface area (Å²) in [6.45, 7) is 0. The fourth-order valence-corrected chi connectivity index (χ4v) is 1.94. The van der Waals surface area contributed by atoms with Crippen LogP contribution in [0.2, 0.25) is 0 Å². The Morgan fingerprint density at radius 3 is 1.64 bits per heavy atom. The third-order valence-electron chi connectivity index (χ3n) is 2.75. The summed E-state index contributed by atoms with van der Waals surface area (Å²) in [4.78, 5) is 21.2. The molecular formula is C8H8O5Sn. The van der Waals surface area contributed by atoms with E-state index in [-0.39, 0.29) is 49.0 Å². The number of carbonyl (C=O) groups is 2. The van der Waals surface area contributed by atoms with E-state index in [1.54, 1.807) is 0 Å². The van der Waals surface area contributed by atoms with Crippen LogP contribution < -0.4 is 10.2 Å². The molecule has 0 amide bonds. The number of aliphatic carboxylic acids is 2. The molecule has 4 atom stereocenters. The van der Waals surface area contributed by atoms with Gasteiger partial charge in [-0.15, -0.1) is 0 Å². The van der Waals surface area contributed by atoms with E-state index in [4.69, 9.17) is 4.74 Å². The molecule has 5 nitrogen and oxygen atoms in total. The van der Waals surface area contributed by atoms with Crippen LogP contribution >= 0.6 is 0 Å². The van der Waals surface area contributed by atoms with E-state index in [2.05, 4.69) is 0 Å². The summed E-state index contributed by atoms with van der Waals surface area (Å²) < 4.78 is 5.06.